The van der Waals surface area contributed by atoms with Crippen molar-refractivity contribution < 1.29 is 4.42 Å². The number of furan rings is 1. The molecule has 0 bridgehead atoms. The van der Waals surface area contributed by atoms with Crippen LogP contribution in [0, 0.1) is 0 Å². The maximum Gasteiger partial charge on any atom is 0.117 e. The van der Waals surface area contributed by atoms with Crippen molar-refractivity contribution in [3.05, 3.63) is 35.8 Å². The molecule has 0 N–H and O–H groups in total. The first kappa shape index (κ1) is 10.3. The Morgan fingerprint density at radius 3 is 2.20 bits per heavy atom. The van der Waals surface area contributed by atoms with Crippen LogP contribution in [-0.2, 0) is 11.8 Å². The van der Waals surface area contributed by atoms with Gasteiger partial charge in [0.2, 0.25) is 0 Å². The molecule has 0 fully saturated rings. The number of fused-ring (bicyclic) bond motifs is 1. The van der Waals surface area contributed by atoms with Crippen molar-refractivity contribution in [2.24, 2.45) is 0 Å². The Balaban J connectivity index is 2.76. The van der Waals surface area contributed by atoms with Crippen molar-refractivity contribution in [3.63, 3.8) is 0 Å². The molecule has 0 radical (unpaired) electrons. The third kappa shape index (κ3) is 1.67. The van der Waals surface area contributed by atoms with E-state index >= 15 is 0 Å². The van der Waals surface area contributed by atoms with Gasteiger partial charge in [-0.2, -0.15) is 0 Å². The summed E-state index contributed by atoms with van der Waals surface area (Å²) in [6.45, 7) is 8.71. The van der Waals surface area contributed by atoms with Crippen molar-refractivity contribution in [2.45, 2.75) is 39.5 Å². The van der Waals surface area contributed by atoms with Crippen molar-refractivity contribution in [1.29, 1.82) is 0 Å². The molecular formula is C14H18O. The van der Waals surface area contributed by atoms with Gasteiger partial charge >= 0.3 is 0 Å². The first-order chi connectivity index (χ1) is 7.04. The van der Waals surface area contributed by atoms with Crippen LogP contribution in [0.25, 0.3) is 10.8 Å². The monoisotopic (exact) mass is 202 g/mol. The van der Waals surface area contributed by atoms with Crippen LogP contribution in [-0.4, -0.2) is 0 Å². The second-order valence-electron chi connectivity index (χ2n) is 5.00. The van der Waals surface area contributed by atoms with Gasteiger partial charge in [0.15, 0.2) is 0 Å². The van der Waals surface area contributed by atoms with E-state index in [4.69, 9.17) is 4.42 Å². The molecule has 2 aromatic rings. The largest absolute Gasteiger partial charge is 0.464 e. The molecule has 80 valence electrons. The molecule has 1 aromatic carbocycles. The van der Waals surface area contributed by atoms with Crippen LogP contribution in [0.4, 0.5) is 0 Å². The van der Waals surface area contributed by atoms with E-state index < -0.39 is 0 Å². The van der Waals surface area contributed by atoms with Crippen LogP contribution in [0.15, 0.2) is 28.7 Å². The smallest absolute Gasteiger partial charge is 0.117 e. The molecule has 0 unspecified atom stereocenters. The fourth-order valence-electron chi connectivity index (χ4n) is 1.98. The molecule has 1 aromatic heterocycles. The lowest BCUT2D eigenvalue weighted by Crippen LogP contribution is -2.09. The summed E-state index contributed by atoms with van der Waals surface area (Å²) in [7, 11) is 0. The normalized spacial score (nSPS) is 12.3. The molecule has 0 amide bonds. The topological polar surface area (TPSA) is 13.1 Å². The van der Waals surface area contributed by atoms with Gasteiger partial charge in [0.25, 0.3) is 0 Å². The first-order valence-electron chi connectivity index (χ1n) is 5.55. The van der Waals surface area contributed by atoms with Crippen molar-refractivity contribution >= 4 is 10.8 Å². The second kappa shape index (κ2) is 3.41. The molecule has 0 aliphatic carbocycles. The number of aryl methyl sites for hydroxylation is 1. The molecular weight excluding hydrogens is 184 g/mol. The van der Waals surface area contributed by atoms with Gasteiger partial charge in [0.1, 0.15) is 11.5 Å². The van der Waals surface area contributed by atoms with Crippen LogP contribution in [0.1, 0.15) is 39.2 Å². The van der Waals surface area contributed by atoms with Crippen molar-refractivity contribution in [3.8, 4) is 0 Å². The molecule has 0 spiro atoms. The average Bonchev–Trinajstić information content (AvgIpc) is 2.55. The molecule has 15 heavy (non-hydrogen) atoms. The Bertz CT molecular complexity index is 472. The standard InChI is InChI=1S/C14H18O/c1-5-12-10-8-6-7-9-11(10)13(15-12)14(2,3)4/h6-9H,5H2,1-4H3. The minimum Gasteiger partial charge on any atom is -0.464 e. The Morgan fingerprint density at radius 1 is 1.07 bits per heavy atom. The van der Waals surface area contributed by atoms with Gasteiger partial charge in [-0.15, -0.1) is 0 Å². The van der Waals surface area contributed by atoms with E-state index in [2.05, 4.69) is 52.0 Å². The molecule has 2 rings (SSSR count). The number of hydrogen-bond donors (Lipinski definition) is 0. The van der Waals surface area contributed by atoms with Crippen LogP contribution >= 0.6 is 0 Å². The molecule has 1 heteroatoms. The summed E-state index contributed by atoms with van der Waals surface area (Å²) in [6, 6.07) is 8.45. The summed E-state index contributed by atoms with van der Waals surface area (Å²) < 4.78 is 5.98. The third-order valence-corrected chi connectivity index (χ3v) is 2.70. The quantitative estimate of drug-likeness (QED) is 0.672. The highest BCUT2D eigenvalue weighted by molar-refractivity contribution is 5.87. The highest BCUT2D eigenvalue weighted by Crippen LogP contribution is 2.34. The van der Waals surface area contributed by atoms with E-state index in [0.29, 0.717) is 0 Å². The number of hydrogen-bond acceptors (Lipinski definition) is 1. The second-order valence-corrected chi connectivity index (χ2v) is 5.00. The fraction of sp³-hybridized carbons (Fsp3) is 0.429. The summed E-state index contributed by atoms with van der Waals surface area (Å²) in [5, 5.41) is 2.53. The molecule has 0 atom stereocenters. The fourth-order valence-corrected chi connectivity index (χ4v) is 1.98. The lowest BCUT2D eigenvalue weighted by atomic mass is 9.91. The Morgan fingerprint density at radius 2 is 1.67 bits per heavy atom. The Hall–Kier alpha value is -1.24. The van der Waals surface area contributed by atoms with Gasteiger partial charge < -0.3 is 4.42 Å². The maximum atomic E-state index is 5.98. The van der Waals surface area contributed by atoms with E-state index in [1.54, 1.807) is 0 Å². The molecule has 0 saturated heterocycles. The van der Waals surface area contributed by atoms with E-state index in [0.717, 1.165) is 17.9 Å². The van der Waals surface area contributed by atoms with Gasteiger partial charge in [-0.05, 0) is 0 Å². The van der Waals surface area contributed by atoms with Crippen molar-refractivity contribution in [2.75, 3.05) is 0 Å². The first-order valence-corrected chi connectivity index (χ1v) is 5.55. The lowest BCUT2D eigenvalue weighted by Gasteiger charge is -2.15. The Labute approximate surface area is 91.1 Å². The molecule has 1 nitrogen and oxygen atoms in total. The summed E-state index contributed by atoms with van der Waals surface area (Å²) >= 11 is 0. The third-order valence-electron chi connectivity index (χ3n) is 2.70. The average molecular weight is 202 g/mol. The van der Waals surface area contributed by atoms with Gasteiger partial charge in [0, 0.05) is 22.6 Å². The van der Waals surface area contributed by atoms with Crippen LogP contribution in [0.3, 0.4) is 0 Å². The zero-order valence-electron chi connectivity index (χ0n) is 9.92. The maximum absolute atomic E-state index is 5.98. The van der Waals surface area contributed by atoms with Gasteiger partial charge in [-0.1, -0.05) is 52.0 Å². The molecule has 0 aliphatic heterocycles. The summed E-state index contributed by atoms with van der Waals surface area (Å²) in [4.78, 5) is 0. The van der Waals surface area contributed by atoms with Gasteiger partial charge in [-0.25, -0.2) is 0 Å². The summed E-state index contributed by atoms with van der Waals surface area (Å²) in [5.74, 6) is 2.21. The zero-order chi connectivity index (χ0) is 11.1. The molecule has 0 aliphatic rings. The minimum atomic E-state index is 0.0764. The number of benzene rings is 1. The SMILES string of the molecule is CCc1oc(C(C)(C)C)c2ccccc12. The summed E-state index contributed by atoms with van der Waals surface area (Å²) in [6.07, 6.45) is 0.955. The van der Waals surface area contributed by atoms with E-state index in [-0.39, 0.29) is 5.41 Å². The van der Waals surface area contributed by atoms with E-state index in [9.17, 15) is 0 Å². The summed E-state index contributed by atoms with van der Waals surface area (Å²) in [5.41, 5.74) is 0.0764. The van der Waals surface area contributed by atoms with Crippen LogP contribution < -0.4 is 0 Å². The van der Waals surface area contributed by atoms with Crippen molar-refractivity contribution in [1.82, 2.24) is 0 Å². The van der Waals surface area contributed by atoms with Crippen LogP contribution in [0.2, 0.25) is 0 Å². The van der Waals surface area contributed by atoms with Crippen LogP contribution in [0.5, 0.6) is 0 Å². The lowest BCUT2D eigenvalue weighted by molar-refractivity contribution is 0.394. The Kier molecular flexibility index (Phi) is 2.34. The molecule has 0 saturated carbocycles. The molecule has 1 heterocycles. The zero-order valence-corrected chi connectivity index (χ0v) is 9.92. The predicted molar refractivity (Wildman–Crippen MR) is 64.3 cm³/mol. The predicted octanol–water partition coefficient (Wildman–Crippen LogP) is 4.29. The highest BCUT2D eigenvalue weighted by atomic mass is 16.3. The van der Waals surface area contributed by atoms with E-state index in [1.165, 1.54) is 10.8 Å². The van der Waals surface area contributed by atoms with E-state index in [1.807, 2.05) is 0 Å². The number of rotatable bonds is 1. The highest BCUT2D eigenvalue weighted by Gasteiger charge is 2.22. The minimum absolute atomic E-state index is 0.0764. The van der Waals surface area contributed by atoms with Gasteiger partial charge in [0.05, 0.1) is 0 Å². The van der Waals surface area contributed by atoms with Gasteiger partial charge in [-0.3, -0.25) is 0 Å².